The zero-order chi connectivity index (χ0) is 16.2. The number of amides is 2. The first kappa shape index (κ1) is 15.8. The van der Waals surface area contributed by atoms with E-state index < -0.39 is 17.8 Å². The molecule has 2 rings (SSSR count). The molecule has 6 nitrogen and oxygen atoms in total. The van der Waals surface area contributed by atoms with E-state index in [0.717, 1.165) is 12.1 Å². The van der Waals surface area contributed by atoms with Crippen LogP contribution in [0.4, 0.5) is 23.8 Å². The first-order valence-corrected chi connectivity index (χ1v) is 6.42. The lowest BCUT2D eigenvalue weighted by Crippen LogP contribution is -2.30. The molecule has 0 bridgehead atoms. The Labute approximate surface area is 124 Å². The van der Waals surface area contributed by atoms with E-state index >= 15 is 0 Å². The fourth-order valence-electron chi connectivity index (χ4n) is 1.79. The number of benzene rings is 1. The minimum absolute atomic E-state index is 0.202. The van der Waals surface area contributed by atoms with E-state index in [9.17, 15) is 18.0 Å². The zero-order valence-corrected chi connectivity index (χ0v) is 11.7. The van der Waals surface area contributed by atoms with Crippen LogP contribution in [0.3, 0.4) is 0 Å². The van der Waals surface area contributed by atoms with Gasteiger partial charge in [0, 0.05) is 13.6 Å². The highest BCUT2D eigenvalue weighted by Gasteiger charge is 2.30. The van der Waals surface area contributed by atoms with Crippen molar-refractivity contribution in [1.29, 1.82) is 0 Å². The van der Waals surface area contributed by atoms with Gasteiger partial charge in [0.15, 0.2) is 5.82 Å². The number of nitrogens with one attached hydrogen (secondary N) is 2. The summed E-state index contributed by atoms with van der Waals surface area (Å²) in [7, 11) is 1.66. The third-order valence-electron chi connectivity index (χ3n) is 2.80. The van der Waals surface area contributed by atoms with Gasteiger partial charge in [-0.3, -0.25) is 10.00 Å². The van der Waals surface area contributed by atoms with E-state index in [2.05, 4.69) is 20.9 Å². The highest BCUT2D eigenvalue weighted by Crippen LogP contribution is 2.29. The molecule has 0 spiro atoms. The van der Waals surface area contributed by atoms with E-state index in [1.807, 2.05) is 0 Å². The molecule has 1 heterocycles. The maximum absolute atomic E-state index is 12.6. The lowest BCUT2D eigenvalue weighted by Gasteiger charge is -2.09. The molecule has 0 aliphatic carbocycles. The Morgan fingerprint density at radius 1 is 1.36 bits per heavy atom. The average molecular weight is 313 g/mol. The number of urea groups is 1. The summed E-state index contributed by atoms with van der Waals surface area (Å²) in [6.07, 6.45) is -2.56. The smallest absolute Gasteiger partial charge is 0.337 e. The van der Waals surface area contributed by atoms with Gasteiger partial charge in [0.25, 0.3) is 0 Å². The number of alkyl halides is 3. The number of rotatable bonds is 4. The minimum atomic E-state index is -4.37. The van der Waals surface area contributed by atoms with Crippen LogP contribution in [0, 0.1) is 0 Å². The summed E-state index contributed by atoms with van der Waals surface area (Å²) in [5.41, 5.74) is -0.205. The van der Waals surface area contributed by atoms with Crippen LogP contribution in [0.2, 0.25) is 0 Å². The van der Waals surface area contributed by atoms with Crippen LogP contribution in [0.15, 0.2) is 30.5 Å². The molecule has 0 aliphatic rings. The summed E-state index contributed by atoms with van der Waals surface area (Å²) in [4.78, 5) is 11.6. The third-order valence-corrected chi connectivity index (χ3v) is 2.80. The molecule has 0 radical (unpaired) electrons. The normalized spacial score (nSPS) is 11.3. The van der Waals surface area contributed by atoms with Crippen molar-refractivity contribution in [2.75, 3.05) is 11.9 Å². The SMILES string of the molecule is Cn1cc(NC(=O)NCCc2cccc(C(F)(F)F)c2)nn1. The quantitative estimate of drug-likeness (QED) is 0.909. The summed E-state index contributed by atoms with van der Waals surface area (Å²) in [6, 6.07) is 4.52. The number of halogens is 3. The number of carbonyl (C=O) groups excluding carboxylic acids is 1. The van der Waals surface area contributed by atoms with Gasteiger partial charge in [-0.2, -0.15) is 13.2 Å². The Morgan fingerprint density at radius 3 is 2.77 bits per heavy atom. The Morgan fingerprint density at radius 2 is 2.14 bits per heavy atom. The summed E-state index contributed by atoms with van der Waals surface area (Å²) in [5.74, 6) is 0.291. The van der Waals surface area contributed by atoms with Crippen molar-refractivity contribution in [3.8, 4) is 0 Å². The van der Waals surface area contributed by atoms with Gasteiger partial charge in [-0.1, -0.05) is 23.4 Å². The Balaban J connectivity index is 1.82. The molecule has 0 unspecified atom stereocenters. The predicted molar refractivity (Wildman–Crippen MR) is 73.2 cm³/mol. The molecule has 0 saturated heterocycles. The average Bonchev–Trinajstić information content (AvgIpc) is 2.83. The zero-order valence-electron chi connectivity index (χ0n) is 11.7. The first-order chi connectivity index (χ1) is 10.3. The van der Waals surface area contributed by atoms with E-state index in [0.29, 0.717) is 11.4 Å². The van der Waals surface area contributed by atoms with Crippen LogP contribution < -0.4 is 10.6 Å². The van der Waals surface area contributed by atoms with Gasteiger partial charge >= 0.3 is 12.2 Å². The second kappa shape index (κ2) is 6.46. The van der Waals surface area contributed by atoms with Crippen molar-refractivity contribution in [1.82, 2.24) is 20.3 Å². The van der Waals surface area contributed by atoms with Gasteiger partial charge in [-0.15, -0.1) is 5.10 Å². The number of anilines is 1. The number of nitrogens with zero attached hydrogens (tertiary/aromatic N) is 3. The van der Waals surface area contributed by atoms with Crippen LogP contribution in [0.5, 0.6) is 0 Å². The van der Waals surface area contributed by atoms with E-state index in [-0.39, 0.29) is 13.0 Å². The van der Waals surface area contributed by atoms with Gasteiger partial charge < -0.3 is 5.32 Å². The molecule has 0 aliphatic heterocycles. The molecule has 0 saturated carbocycles. The van der Waals surface area contributed by atoms with Crippen LogP contribution in [0.25, 0.3) is 0 Å². The Bertz CT molecular complexity index is 653. The summed E-state index contributed by atoms with van der Waals surface area (Å²) in [6.45, 7) is 0.202. The molecule has 0 atom stereocenters. The monoisotopic (exact) mass is 313 g/mol. The molecule has 2 N–H and O–H groups in total. The van der Waals surface area contributed by atoms with E-state index in [1.165, 1.54) is 16.9 Å². The standard InChI is InChI=1S/C13H14F3N5O/c1-21-8-11(19-20-21)18-12(22)17-6-5-9-3-2-4-10(7-9)13(14,15)16/h2-4,7-8H,5-6H2,1H3,(H2,17,18,22). The summed E-state index contributed by atoms with van der Waals surface area (Å²) >= 11 is 0. The molecule has 118 valence electrons. The van der Waals surface area contributed by atoms with Gasteiger partial charge in [-0.05, 0) is 18.1 Å². The second-order valence-corrected chi connectivity index (χ2v) is 4.61. The van der Waals surface area contributed by atoms with Crippen molar-refractivity contribution in [3.05, 3.63) is 41.6 Å². The number of hydrogen-bond donors (Lipinski definition) is 2. The largest absolute Gasteiger partial charge is 0.416 e. The maximum atomic E-state index is 12.6. The fraction of sp³-hybridized carbons (Fsp3) is 0.308. The molecule has 1 aromatic heterocycles. The lowest BCUT2D eigenvalue weighted by molar-refractivity contribution is -0.137. The van der Waals surface area contributed by atoms with Crippen molar-refractivity contribution in [2.45, 2.75) is 12.6 Å². The van der Waals surface area contributed by atoms with E-state index in [1.54, 1.807) is 13.1 Å². The highest BCUT2D eigenvalue weighted by atomic mass is 19.4. The summed E-state index contributed by atoms with van der Waals surface area (Å²) in [5, 5.41) is 12.3. The summed E-state index contributed by atoms with van der Waals surface area (Å²) < 4.78 is 39.1. The van der Waals surface area contributed by atoms with Crippen LogP contribution >= 0.6 is 0 Å². The first-order valence-electron chi connectivity index (χ1n) is 6.42. The lowest BCUT2D eigenvalue weighted by atomic mass is 10.1. The topological polar surface area (TPSA) is 71.8 Å². The predicted octanol–water partition coefficient (Wildman–Crippen LogP) is 2.20. The molecular formula is C13H14F3N5O. The van der Waals surface area contributed by atoms with Crippen molar-refractivity contribution >= 4 is 11.8 Å². The van der Waals surface area contributed by atoms with Crippen molar-refractivity contribution in [2.24, 2.45) is 7.05 Å². The molecule has 2 aromatic rings. The van der Waals surface area contributed by atoms with Gasteiger partial charge in [-0.25, -0.2) is 4.79 Å². The number of aryl methyl sites for hydroxylation is 1. The molecule has 1 aromatic carbocycles. The van der Waals surface area contributed by atoms with E-state index in [4.69, 9.17) is 0 Å². The molecule has 22 heavy (non-hydrogen) atoms. The number of aromatic nitrogens is 3. The molecular weight excluding hydrogens is 299 g/mol. The Hall–Kier alpha value is -2.58. The number of carbonyl (C=O) groups is 1. The maximum Gasteiger partial charge on any atom is 0.416 e. The third kappa shape index (κ3) is 4.47. The minimum Gasteiger partial charge on any atom is -0.337 e. The van der Waals surface area contributed by atoms with Crippen LogP contribution in [-0.4, -0.2) is 27.6 Å². The van der Waals surface area contributed by atoms with Gasteiger partial charge in [0.1, 0.15) is 0 Å². The molecule has 2 amide bonds. The molecule has 9 heteroatoms. The highest BCUT2D eigenvalue weighted by molar-refractivity contribution is 5.87. The van der Waals surface area contributed by atoms with Gasteiger partial charge in [0.05, 0.1) is 11.8 Å². The van der Waals surface area contributed by atoms with Crippen LogP contribution in [-0.2, 0) is 19.6 Å². The van der Waals surface area contributed by atoms with Crippen LogP contribution in [0.1, 0.15) is 11.1 Å². The Kier molecular flexibility index (Phi) is 4.64. The molecule has 0 fully saturated rings. The van der Waals surface area contributed by atoms with Crippen molar-refractivity contribution in [3.63, 3.8) is 0 Å². The fourth-order valence-corrected chi connectivity index (χ4v) is 1.79. The number of hydrogen-bond acceptors (Lipinski definition) is 3. The second-order valence-electron chi connectivity index (χ2n) is 4.61. The van der Waals surface area contributed by atoms with Crippen molar-refractivity contribution < 1.29 is 18.0 Å². The van der Waals surface area contributed by atoms with Gasteiger partial charge in [0.2, 0.25) is 0 Å².